The van der Waals surface area contributed by atoms with Gasteiger partial charge >= 0.3 is 5.97 Å². The molecule has 1 unspecified atom stereocenters. The Morgan fingerprint density at radius 2 is 1.94 bits per heavy atom. The number of esters is 1. The first-order valence-electron chi connectivity index (χ1n) is 11.3. The Labute approximate surface area is 187 Å². The lowest BCUT2D eigenvalue weighted by atomic mass is 9.81. The first kappa shape index (κ1) is 20.8. The summed E-state index contributed by atoms with van der Waals surface area (Å²) in [7, 11) is 1.34. The topological polar surface area (TPSA) is 83.5 Å². The number of hydrogen-bond acceptors (Lipinski definition) is 5. The molecule has 1 aliphatic heterocycles. The highest BCUT2D eigenvalue weighted by Gasteiger charge is 2.35. The third-order valence-electron chi connectivity index (χ3n) is 6.89. The molecular formula is C26H28N2O4. The van der Waals surface area contributed by atoms with Gasteiger partial charge < -0.3 is 19.8 Å². The van der Waals surface area contributed by atoms with Crippen LogP contribution in [0.1, 0.15) is 53.9 Å². The maximum absolute atomic E-state index is 12.5. The molecule has 6 heteroatoms. The predicted octanol–water partition coefficient (Wildman–Crippen LogP) is 4.43. The fourth-order valence-electron chi connectivity index (χ4n) is 5.39. The number of nitrogens with zero attached hydrogens (tertiary/aromatic N) is 1. The zero-order chi connectivity index (χ0) is 22.2. The third kappa shape index (κ3) is 3.39. The van der Waals surface area contributed by atoms with Gasteiger partial charge in [-0.2, -0.15) is 0 Å². The van der Waals surface area contributed by atoms with Crippen molar-refractivity contribution < 1.29 is 19.1 Å². The molecule has 1 fully saturated rings. The molecule has 2 aromatic carbocycles. The molecule has 0 saturated heterocycles. The van der Waals surface area contributed by atoms with E-state index >= 15 is 0 Å². The van der Waals surface area contributed by atoms with Crippen LogP contribution in [0.2, 0.25) is 0 Å². The van der Waals surface area contributed by atoms with E-state index in [9.17, 15) is 9.59 Å². The van der Waals surface area contributed by atoms with Gasteiger partial charge in [0.1, 0.15) is 12.0 Å². The van der Waals surface area contributed by atoms with Crippen molar-refractivity contribution in [2.24, 2.45) is 5.73 Å². The van der Waals surface area contributed by atoms with Crippen molar-refractivity contribution in [3.8, 4) is 17.0 Å². The van der Waals surface area contributed by atoms with Gasteiger partial charge in [0.05, 0.1) is 18.8 Å². The lowest BCUT2D eigenvalue weighted by Gasteiger charge is -2.30. The molecule has 2 atom stereocenters. The van der Waals surface area contributed by atoms with Crippen LogP contribution < -0.4 is 10.5 Å². The fraction of sp³-hybridized carbons (Fsp3) is 0.385. The molecule has 1 aromatic heterocycles. The summed E-state index contributed by atoms with van der Waals surface area (Å²) in [6.07, 6.45) is 5.93. The van der Waals surface area contributed by atoms with Crippen molar-refractivity contribution in [1.29, 1.82) is 0 Å². The van der Waals surface area contributed by atoms with Crippen LogP contribution in [0.3, 0.4) is 0 Å². The second-order valence-corrected chi connectivity index (χ2v) is 8.82. The van der Waals surface area contributed by atoms with Gasteiger partial charge in [-0.15, -0.1) is 0 Å². The van der Waals surface area contributed by atoms with Gasteiger partial charge in [0.2, 0.25) is 6.10 Å². The molecular weight excluding hydrogens is 404 g/mol. The smallest absolute Gasteiger partial charge is 0.348 e. The van der Waals surface area contributed by atoms with Crippen molar-refractivity contribution in [2.45, 2.75) is 56.7 Å². The van der Waals surface area contributed by atoms with Crippen molar-refractivity contribution in [1.82, 2.24) is 4.57 Å². The summed E-state index contributed by atoms with van der Waals surface area (Å²) in [6.45, 7) is 0.384. The predicted molar refractivity (Wildman–Crippen MR) is 123 cm³/mol. The van der Waals surface area contributed by atoms with Gasteiger partial charge in [0.25, 0.3) is 0 Å². The van der Waals surface area contributed by atoms with Crippen LogP contribution in [0.15, 0.2) is 42.5 Å². The minimum Gasteiger partial charge on any atom is -0.476 e. The lowest BCUT2D eigenvalue weighted by molar-refractivity contribution is -0.150. The number of carbonyl (C=O) groups excluding carboxylic acids is 2. The van der Waals surface area contributed by atoms with Gasteiger partial charge in [-0.1, -0.05) is 43.5 Å². The van der Waals surface area contributed by atoms with E-state index in [1.807, 2.05) is 36.4 Å². The monoisotopic (exact) mass is 432 g/mol. The van der Waals surface area contributed by atoms with E-state index in [-0.39, 0.29) is 0 Å². The van der Waals surface area contributed by atoms with Crippen LogP contribution in [0.25, 0.3) is 22.2 Å². The molecule has 3 aromatic rings. The zero-order valence-electron chi connectivity index (χ0n) is 18.3. The molecule has 0 amide bonds. The molecule has 2 heterocycles. The third-order valence-corrected chi connectivity index (χ3v) is 6.89. The summed E-state index contributed by atoms with van der Waals surface area (Å²) >= 11 is 0. The average Bonchev–Trinajstić information content (AvgIpc) is 3.14. The van der Waals surface area contributed by atoms with E-state index in [1.54, 1.807) is 0 Å². The Morgan fingerprint density at radius 3 is 2.69 bits per heavy atom. The summed E-state index contributed by atoms with van der Waals surface area (Å²) in [5, 5.41) is 1.15. The molecule has 2 aliphatic rings. The van der Waals surface area contributed by atoms with Crippen molar-refractivity contribution >= 4 is 23.2 Å². The molecule has 0 radical (unpaired) electrons. The maximum atomic E-state index is 12.5. The molecule has 1 aliphatic carbocycles. The fourth-order valence-corrected chi connectivity index (χ4v) is 5.39. The van der Waals surface area contributed by atoms with Crippen molar-refractivity contribution in [2.75, 3.05) is 7.11 Å². The van der Waals surface area contributed by atoms with E-state index in [0.717, 1.165) is 41.3 Å². The van der Waals surface area contributed by atoms with Gasteiger partial charge in [-0.05, 0) is 42.5 Å². The first-order valence-corrected chi connectivity index (χ1v) is 11.3. The summed E-state index contributed by atoms with van der Waals surface area (Å²) in [5.41, 5.74) is 11.5. The first-order chi connectivity index (χ1) is 15.6. The molecule has 5 rings (SSSR count). The zero-order valence-corrected chi connectivity index (χ0v) is 18.3. The standard InChI is InChI=1S/C26H28N2O4/c1-31-26(30)25-20(27)14-28-21-13-16(15-29)11-12-18(21)23(17-7-3-2-4-8-17)24(28)19-9-5-6-10-22(19)32-25/h5-6,9-13,15,17,20,25H,2-4,7-8,14,27H2,1H3/t20-,25?/m1/s1. The summed E-state index contributed by atoms with van der Waals surface area (Å²) in [4.78, 5) is 24.1. The summed E-state index contributed by atoms with van der Waals surface area (Å²) in [5.74, 6) is 0.563. The molecule has 0 spiro atoms. The number of carbonyl (C=O) groups is 2. The van der Waals surface area contributed by atoms with E-state index in [4.69, 9.17) is 15.2 Å². The highest BCUT2D eigenvalue weighted by Crippen LogP contribution is 2.47. The van der Waals surface area contributed by atoms with E-state index < -0.39 is 18.1 Å². The largest absolute Gasteiger partial charge is 0.476 e. The molecule has 0 bridgehead atoms. The summed E-state index contributed by atoms with van der Waals surface area (Å²) < 4.78 is 13.3. The number of ether oxygens (including phenoxy) is 2. The minimum absolute atomic E-state index is 0.384. The molecule has 166 valence electrons. The van der Waals surface area contributed by atoms with Crippen molar-refractivity contribution in [3.63, 3.8) is 0 Å². The number of nitrogens with two attached hydrogens (primary N) is 1. The Kier molecular flexibility index (Phi) is 5.47. The Balaban J connectivity index is 1.81. The van der Waals surface area contributed by atoms with Gasteiger partial charge in [0.15, 0.2) is 0 Å². The Hall–Kier alpha value is -3.12. The second kappa shape index (κ2) is 8.43. The molecule has 1 saturated carbocycles. The van der Waals surface area contributed by atoms with E-state index in [0.29, 0.717) is 23.8 Å². The quantitative estimate of drug-likeness (QED) is 0.489. The number of fused-ring (bicyclic) bond motifs is 5. The molecule has 2 N–H and O–H groups in total. The maximum Gasteiger partial charge on any atom is 0.348 e. The lowest BCUT2D eigenvalue weighted by Crippen LogP contribution is -2.48. The number of rotatable bonds is 3. The van der Waals surface area contributed by atoms with Crippen molar-refractivity contribution in [3.05, 3.63) is 53.6 Å². The highest BCUT2D eigenvalue weighted by molar-refractivity contribution is 5.96. The second-order valence-electron chi connectivity index (χ2n) is 8.82. The average molecular weight is 433 g/mol. The number of aromatic nitrogens is 1. The SMILES string of the molecule is COC(=O)C1Oc2ccccc2-c2c(C3CCCCC3)c3ccc(C=O)cc3n2C[C@H]1N. The Morgan fingerprint density at radius 1 is 1.16 bits per heavy atom. The summed E-state index contributed by atoms with van der Waals surface area (Å²) in [6, 6.07) is 13.1. The van der Waals surface area contributed by atoms with Gasteiger partial charge in [0, 0.05) is 28.6 Å². The van der Waals surface area contributed by atoms with E-state index in [2.05, 4.69) is 10.6 Å². The van der Waals surface area contributed by atoms with Crippen LogP contribution in [-0.4, -0.2) is 36.1 Å². The number of aldehydes is 1. The minimum atomic E-state index is -0.917. The van der Waals surface area contributed by atoms with Crippen LogP contribution in [0.5, 0.6) is 5.75 Å². The van der Waals surface area contributed by atoms with Crippen LogP contribution >= 0.6 is 0 Å². The van der Waals surface area contributed by atoms with Gasteiger partial charge in [-0.25, -0.2) is 4.79 Å². The number of benzene rings is 2. The molecule has 32 heavy (non-hydrogen) atoms. The van der Waals surface area contributed by atoms with Gasteiger partial charge in [-0.3, -0.25) is 4.79 Å². The van der Waals surface area contributed by atoms with E-state index in [1.165, 1.54) is 31.9 Å². The van der Waals surface area contributed by atoms with Crippen LogP contribution in [0, 0.1) is 0 Å². The van der Waals surface area contributed by atoms with Crippen LogP contribution in [0.4, 0.5) is 0 Å². The van der Waals surface area contributed by atoms with Crippen LogP contribution in [-0.2, 0) is 16.1 Å². The molecule has 6 nitrogen and oxygen atoms in total. The number of hydrogen-bond donors (Lipinski definition) is 1. The highest BCUT2D eigenvalue weighted by atomic mass is 16.6. The normalized spacial score (nSPS) is 21.1. The Bertz CT molecular complexity index is 1180. The number of methoxy groups -OCH3 is 1. The number of para-hydroxylation sites is 1.